The second-order valence-electron chi connectivity index (χ2n) is 5.60. The van der Waals surface area contributed by atoms with Crippen LogP contribution in [-0.4, -0.2) is 12.9 Å². The van der Waals surface area contributed by atoms with Gasteiger partial charge in [0, 0.05) is 0 Å². The van der Waals surface area contributed by atoms with Crippen LogP contribution >= 0.6 is 0 Å². The topological polar surface area (TPSA) is 26.3 Å². The minimum absolute atomic E-state index is 0. The van der Waals surface area contributed by atoms with Gasteiger partial charge in [-0.25, -0.2) is 0 Å². The summed E-state index contributed by atoms with van der Waals surface area (Å²) in [4.78, 5) is 11.1. The molecular formula is C18H27MdO2-. The van der Waals surface area contributed by atoms with Crippen molar-refractivity contribution in [1.82, 2.24) is 0 Å². The van der Waals surface area contributed by atoms with E-state index in [1.807, 2.05) is 0 Å². The molecule has 1 rings (SSSR count). The van der Waals surface area contributed by atoms with E-state index >= 15 is 0 Å². The summed E-state index contributed by atoms with van der Waals surface area (Å²) in [5.74, 6) is 2.38. The average molecular weight is 533 g/mol. The van der Waals surface area contributed by atoms with Crippen LogP contribution < -0.4 is 4.74 Å². The third-order valence-corrected chi connectivity index (χ3v) is 3.72. The fourth-order valence-electron chi connectivity index (χ4n) is 2.36. The standard InChI is InChI=1S/C18H27O2.Md/c1-5-7-15(3)17(13-19)8-6-11-20-18-12-14(2)9-10-16(18)4;/h9-10,12-13,15H,5-8,11H2,1-4H3;/q-1;. The van der Waals surface area contributed by atoms with Crippen LogP contribution in [0.2, 0.25) is 0 Å². The minimum atomic E-state index is 0. The molecule has 1 unspecified atom stereocenters. The Kier molecular flexibility index (Phi) is 8.36. The molecule has 0 heterocycles. The Morgan fingerprint density at radius 1 is 1.33 bits per heavy atom. The van der Waals surface area contributed by atoms with E-state index in [-0.39, 0.29) is 0 Å². The molecule has 1 aromatic carbocycles. The second-order valence-corrected chi connectivity index (χ2v) is 5.60. The van der Waals surface area contributed by atoms with Crippen LogP contribution in [0.3, 0.4) is 0 Å². The molecule has 3 heteroatoms. The zero-order chi connectivity index (χ0) is 15.0. The van der Waals surface area contributed by atoms with Crippen LogP contribution in [0.25, 0.3) is 0 Å². The molecule has 2 nitrogen and oxygen atoms in total. The molecule has 0 saturated carbocycles. The predicted molar refractivity (Wildman–Crippen MR) is 84.0 cm³/mol. The Labute approximate surface area is 123 Å². The molecule has 0 aliphatic heterocycles. The van der Waals surface area contributed by atoms with Crippen molar-refractivity contribution < 1.29 is 9.53 Å². The summed E-state index contributed by atoms with van der Waals surface area (Å²) in [5.41, 5.74) is 2.37. The minimum Gasteiger partial charge on any atom is -0.493 e. The third-order valence-electron chi connectivity index (χ3n) is 3.72. The average Bonchev–Trinajstić information content (AvgIpc) is 2.42. The molecule has 0 N–H and O–H groups in total. The molecule has 0 aliphatic carbocycles. The molecule has 125 valence electrons. The van der Waals surface area contributed by atoms with E-state index in [9.17, 15) is 4.79 Å². The van der Waals surface area contributed by atoms with Crippen LogP contribution in [-0.2, 0) is 4.79 Å². The number of aldehydes is 1. The summed E-state index contributed by atoms with van der Waals surface area (Å²) in [5, 5.41) is 0. The number of benzene rings is 1. The molecule has 0 spiro atoms. The summed E-state index contributed by atoms with van der Waals surface area (Å²) in [6.45, 7) is 9.08. The number of hydrogen-bond acceptors (Lipinski definition) is 2. The molecule has 0 bridgehead atoms. The largest absolute Gasteiger partial charge is 0.493 e. The second kappa shape index (κ2) is 9.46. The van der Waals surface area contributed by atoms with Gasteiger partial charge in [0.1, 0.15) is 5.75 Å². The number of carbonyl (C=O) groups is 1. The van der Waals surface area contributed by atoms with E-state index in [1.165, 1.54) is 5.56 Å². The molecule has 1 aromatic rings. The van der Waals surface area contributed by atoms with Crippen molar-refractivity contribution in [2.75, 3.05) is 6.61 Å². The van der Waals surface area contributed by atoms with Gasteiger partial charge in [-0.05, 0) is 43.7 Å². The predicted octanol–water partition coefficient (Wildman–Crippen LogP) is 4.67. The van der Waals surface area contributed by atoms with E-state index in [4.69, 9.17) is 4.74 Å². The molecule has 0 saturated heterocycles. The maximum atomic E-state index is 11.1. The van der Waals surface area contributed by atoms with Crippen molar-refractivity contribution in [3.05, 3.63) is 35.2 Å². The van der Waals surface area contributed by atoms with Gasteiger partial charge in [0.15, 0.2) is 0 Å². The molecule has 1 atom stereocenters. The monoisotopic (exact) mass is 533 g/mol. The smallest absolute Gasteiger partial charge is 0.122 e. The molecule has 21 heavy (non-hydrogen) atoms. The Bertz CT molecular complexity index is 418. The van der Waals surface area contributed by atoms with Crippen molar-refractivity contribution in [3.8, 4) is 5.75 Å². The summed E-state index contributed by atoms with van der Waals surface area (Å²) < 4.78 is 5.82. The Morgan fingerprint density at radius 2 is 2.05 bits per heavy atom. The Hall–Kier alpha value is -2.44. The maximum absolute atomic E-state index is 11.1. The SMILES string of the molecule is CCCC(C)[C-](C=O)CCCOc1cc(C)ccc1C.[Md]. The van der Waals surface area contributed by atoms with Gasteiger partial charge in [-0.1, -0.05) is 38.8 Å². The van der Waals surface area contributed by atoms with Crippen LogP contribution in [0.1, 0.15) is 50.7 Å². The van der Waals surface area contributed by atoms with Crippen molar-refractivity contribution in [2.24, 2.45) is 5.92 Å². The van der Waals surface area contributed by atoms with Crippen molar-refractivity contribution in [1.29, 1.82) is 0 Å². The van der Waals surface area contributed by atoms with Gasteiger partial charge >= 0.3 is 0 Å². The number of ether oxygens (including phenoxy) is 1. The maximum Gasteiger partial charge on any atom is 0.122 e. The van der Waals surface area contributed by atoms with Gasteiger partial charge in [0.25, 0.3) is 0 Å². The van der Waals surface area contributed by atoms with Crippen LogP contribution in [0.4, 0.5) is 0 Å². The van der Waals surface area contributed by atoms with Gasteiger partial charge in [-0.15, -0.1) is 5.92 Å². The van der Waals surface area contributed by atoms with Gasteiger partial charge < -0.3 is 15.4 Å². The fraction of sp³-hybridized carbons (Fsp3) is 0.556. The third kappa shape index (κ3) is 6.03. The molecule has 0 aliphatic rings. The number of rotatable bonds is 9. The van der Waals surface area contributed by atoms with E-state index in [0.717, 1.165) is 49.2 Å². The van der Waals surface area contributed by atoms with Gasteiger partial charge in [0.05, 0.1) is 6.61 Å². The quantitative estimate of drug-likeness (QED) is 0.262. The number of carbonyl (C=O) groups excluding carboxylic acids is 1. The van der Waals surface area contributed by atoms with Gasteiger partial charge in [0.2, 0.25) is 0 Å². The van der Waals surface area contributed by atoms with Crippen molar-refractivity contribution >= 4 is 6.29 Å². The van der Waals surface area contributed by atoms with Crippen molar-refractivity contribution in [2.45, 2.75) is 53.4 Å². The molecular weight excluding hydrogens is 506 g/mol. The first-order valence-corrected chi connectivity index (χ1v) is 7.59. The number of aryl methyl sites for hydroxylation is 2. The molecule has 0 amide bonds. The van der Waals surface area contributed by atoms with Crippen LogP contribution in [0.15, 0.2) is 18.2 Å². The normalized spacial score (nSPS) is 11.4. The molecule has 1 radical (unpaired) electrons. The van der Waals surface area contributed by atoms with E-state index < -0.39 is 0 Å². The van der Waals surface area contributed by atoms with Gasteiger partial charge in [-0.3, -0.25) is 0 Å². The first kappa shape index (κ1) is 18.6. The Balaban J connectivity index is 0.00000400. The van der Waals surface area contributed by atoms with E-state index in [0.29, 0.717) is 12.5 Å². The van der Waals surface area contributed by atoms with Crippen LogP contribution in [0.5, 0.6) is 5.75 Å². The first-order chi connectivity index (χ1) is 9.58. The summed E-state index contributed by atoms with van der Waals surface area (Å²) in [7, 11) is 0. The Morgan fingerprint density at radius 3 is 2.67 bits per heavy atom. The molecule has 0 aromatic heterocycles. The molecule has 0 fully saturated rings. The van der Waals surface area contributed by atoms with E-state index in [2.05, 4.69) is 45.9 Å². The zero-order valence-electron chi connectivity index (χ0n) is 13.5. The van der Waals surface area contributed by atoms with Crippen molar-refractivity contribution in [3.63, 3.8) is 0 Å². The van der Waals surface area contributed by atoms with E-state index in [1.54, 1.807) is 0 Å². The summed E-state index contributed by atoms with van der Waals surface area (Å²) in [6, 6.07) is 6.24. The van der Waals surface area contributed by atoms with Gasteiger partial charge in [-0.2, -0.15) is 6.42 Å². The fourth-order valence-corrected chi connectivity index (χ4v) is 2.36. The summed E-state index contributed by atoms with van der Waals surface area (Å²) in [6.07, 6.45) is 4.99. The first-order valence-electron chi connectivity index (χ1n) is 7.59. The summed E-state index contributed by atoms with van der Waals surface area (Å²) >= 11 is 0. The number of hydrogen-bond donors (Lipinski definition) is 0. The zero-order valence-corrected chi connectivity index (χ0v) is 15.8. The van der Waals surface area contributed by atoms with Crippen LogP contribution in [0, 0.1) is 25.7 Å².